The molecule has 1 amide bonds. The number of benzene rings is 2. The van der Waals surface area contributed by atoms with Crippen molar-refractivity contribution in [2.45, 2.75) is 51.4 Å². The summed E-state index contributed by atoms with van der Waals surface area (Å²) in [5, 5.41) is 50.2. The number of phenolic OH excluding ortho intramolecular Hbond substituents is 1. The number of rotatable bonds is 7. The molecule has 1 saturated carbocycles. The van der Waals surface area contributed by atoms with Crippen LogP contribution in [-0.4, -0.2) is 82.6 Å². The van der Waals surface area contributed by atoms with Crippen LogP contribution in [0.1, 0.15) is 42.5 Å². The van der Waals surface area contributed by atoms with E-state index in [4.69, 9.17) is 5.73 Å². The molecule has 0 heterocycles. The average Bonchev–Trinajstić information content (AvgIpc) is 2.92. The first-order valence-electron chi connectivity index (χ1n) is 14.5. The summed E-state index contributed by atoms with van der Waals surface area (Å²) in [5.41, 5.74) is 1.85. The van der Waals surface area contributed by atoms with Crippen LogP contribution in [0.4, 0.5) is 5.69 Å². The summed E-state index contributed by atoms with van der Waals surface area (Å²) in [6.45, 7) is 4.08. The number of hydrogen-bond donors (Lipinski definition) is 6. The second-order valence-electron chi connectivity index (χ2n) is 13.2. The third kappa shape index (κ3) is 4.25. The normalized spacial score (nSPS) is 28.1. The van der Waals surface area contributed by atoms with Crippen LogP contribution >= 0.6 is 0 Å². The summed E-state index contributed by atoms with van der Waals surface area (Å²) < 4.78 is 0. The maximum atomic E-state index is 14.5. The van der Waals surface area contributed by atoms with Crippen LogP contribution in [-0.2, 0) is 33.9 Å². The van der Waals surface area contributed by atoms with Crippen LogP contribution in [0.2, 0.25) is 0 Å². The first-order valence-corrected chi connectivity index (χ1v) is 14.5. The number of primary amides is 1. The van der Waals surface area contributed by atoms with Crippen LogP contribution < -0.4 is 16.0 Å². The minimum absolute atomic E-state index is 0.0280. The highest BCUT2D eigenvalue weighted by atomic mass is 16.3. The van der Waals surface area contributed by atoms with E-state index < -0.39 is 57.0 Å². The number of aromatic hydroxyl groups is 1. The van der Waals surface area contributed by atoms with Crippen molar-refractivity contribution in [3.05, 3.63) is 75.6 Å². The first-order chi connectivity index (χ1) is 20.5. The van der Waals surface area contributed by atoms with E-state index in [2.05, 4.69) is 5.32 Å². The number of phenols is 1. The lowest BCUT2D eigenvalue weighted by atomic mass is 9.46. The van der Waals surface area contributed by atoms with Crippen molar-refractivity contribution < 1.29 is 34.8 Å². The zero-order chi connectivity index (χ0) is 32.5. The summed E-state index contributed by atoms with van der Waals surface area (Å²) >= 11 is 0. The molecule has 4 atom stereocenters. The Bertz CT molecular complexity index is 1650. The number of fused-ring (bicyclic) bond motifs is 3. The molecular weight excluding hydrogens is 564 g/mol. The Morgan fingerprint density at radius 3 is 2.25 bits per heavy atom. The number of carbonyl (C=O) groups excluding carboxylic acids is 3. The van der Waals surface area contributed by atoms with Crippen LogP contribution in [0.15, 0.2) is 53.3 Å². The molecule has 0 saturated heterocycles. The average molecular weight is 605 g/mol. The quantitative estimate of drug-likeness (QED) is 0.257. The Balaban J connectivity index is 1.70. The lowest BCUT2D eigenvalue weighted by molar-refractivity contribution is -0.175. The second kappa shape index (κ2) is 10.5. The molecule has 0 bridgehead atoms. The Hall–Kier alpha value is -4.19. The van der Waals surface area contributed by atoms with Gasteiger partial charge in [0.25, 0.3) is 5.91 Å². The zero-order valence-electron chi connectivity index (χ0n) is 25.9. The number of nitrogens with two attached hydrogens (primary N) is 1. The molecule has 0 aromatic heterocycles. The number of nitrogens with zero attached hydrogens (tertiary/aromatic N) is 2. The number of Topliss-reactive ketones (excluding diaryl/α,β-unsaturated/α-hetero) is 2. The minimum atomic E-state index is -2.75. The molecule has 3 aliphatic rings. The predicted octanol–water partition coefficient (Wildman–Crippen LogP) is 2.10. The number of amides is 1. The van der Waals surface area contributed by atoms with E-state index in [1.54, 1.807) is 21.0 Å². The third-order valence-corrected chi connectivity index (χ3v) is 9.66. The van der Waals surface area contributed by atoms with Gasteiger partial charge in [-0.15, -0.1) is 0 Å². The zero-order valence-corrected chi connectivity index (χ0v) is 25.9. The largest absolute Gasteiger partial charge is 0.508 e. The molecule has 3 aliphatic carbocycles. The smallest absolute Gasteiger partial charge is 0.255 e. The van der Waals surface area contributed by atoms with Gasteiger partial charge in [-0.05, 0) is 44.1 Å². The van der Waals surface area contributed by atoms with Gasteiger partial charge in [-0.3, -0.25) is 19.3 Å². The van der Waals surface area contributed by atoms with Gasteiger partial charge in [-0.25, -0.2) is 0 Å². The number of likely N-dealkylation sites (N-methyl/N-ethyl adjacent to an activating group) is 1. The van der Waals surface area contributed by atoms with Crippen LogP contribution in [0, 0.1) is 10.8 Å². The first kappa shape index (κ1) is 31.2. The summed E-state index contributed by atoms with van der Waals surface area (Å²) in [6, 6.07) is 10.4. The van der Waals surface area contributed by atoms with Crippen LogP contribution in [0.25, 0.3) is 5.76 Å². The molecule has 44 heavy (non-hydrogen) atoms. The van der Waals surface area contributed by atoms with Crippen molar-refractivity contribution in [1.29, 1.82) is 0 Å². The van der Waals surface area contributed by atoms with Gasteiger partial charge in [-0.2, -0.15) is 0 Å². The van der Waals surface area contributed by atoms with E-state index in [1.165, 1.54) is 11.8 Å². The molecule has 0 unspecified atom stereocenters. The van der Waals surface area contributed by atoms with Gasteiger partial charge in [0, 0.05) is 54.8 Å². The Morgan fingerprint density at radius 1 is 1.05 bits per heavy atom. The van der Waals surface area contributed by atoms with E-state index in [1.807, 2.05) is 55.4 Å². The second-order valence-corrected chi connectivity index (χ2v) is 13.2. The highest BCUT2D eigenvalue weighted by molar-refractivity contribution is 6.25. The fourth-order valence-electron chi connectivity index (χ4n) is 7.90. The van der Waals surface area contributed by atoms with Crippen molar-refractivity contribution in [3.63, 3.8) is 0 Å². The number of aliphatic hydroxyl groups is 3. The molecule has 11 nitrogen and oxygen atoms in total. The van der Waals surface area contributed by atoms with E-state index in [9.17, 15) is 34.8 Å². The van der Waals surface area contributed by atoms with Gasteiger partial charge < -0.3 is 36.4 Å². The molecule has 0 radical (unpaired) electrons. The number of ketones is 2. The van der Waals surface area contributed by atoms with Gasteiger partial charge in [0.1, 0.15) is 22.8 Å². The highest BCUT2D eigenvalue weighted by Crippen LogP contribution is 2.63. The van der Waals surface area contributed by atoms with E-state index >= 15 is 0 Å². The number of nitrogens with one attached hydrogen (secondary N) is 1. The van der Waals surface area contributed by atoms with E-state index in [0.29, 0.717) is 17.7 Å². The molecule has 11 heteroatoms. The van der Waals surface area contributed by atoms with Gasteiger partial charge in [0.15, 0.2) is 11.4 Å². The van der Waals surface area contributed by atoms with Gasteiger partial charge in [0.2, 0.25) is 5.78 Å². The molecular formula is C33H40N4O7. The van der Waals surface area contributed by atoms with Crippen molar-refractivity contribution in [3.8, 4) is 5.75 Å². The Kier molecular flexibility index (Phi) is 7.43. The lowest BCUT2D eigenvalue weighted by Gasteiger charge is -2.59. The highest BCUT2D eigenvalue weighted by Gasteiger charge is 2.72. The van der Waals surface area contributed by atoms with E-state index in [-0.39, 0.29) is 36.3 Å². The van der Waals surface area contributed by atoms with Crippen molar-refractivity contribution in [2.75, 3.05) is 33.1 Å². The summed E-state index contributed by atoms with van der Waals surface area (Å²) in [7, 11) is 6.84. The van der Waals surface area contributed by atoms with Gasteiger partial charge in [0.05, 0.1) is 11.6 Å². The van der Waals surface area contributed by atoms with Gasteiger partial charge >= 0.3 is 0 Å². The molecule has 5 rings (SSSR count). The fourth-order valence-corrected chi connectivity index (χ4v) is 7.90. The molecule has 2 aromatic rings. The molecule has 0 spiro atoms. The van der Waals surface area contributed by atoms with Crippen molar-refractivity contribution >= 4 is 28.9 Å². The van der Waals surface area contributed by atoms with E-state index in [0.717, 1.165) is 11.3 Å². The van der Waals surface area contributed by atoms with Crippen molar-refractivity contribution in [1.82, 2.24) is 10.2 Å². The maximum absolute atomic E-state index is 14.5. The molecule has 1 fully saturated rings. The predicted molar refractivity (Wildman–Crippen MR) is 165 cm³/mol. The molecule has 0 aliphatic heterocycles. The van der Waals surface area contributed by atoms with Crippen LogP contribution in [0.3, 0.4) is 0 Å². The Morgan fingerprint density at radius 2 is 1.68 bits per heavy atom. The third-order valence-electron chi connectivity index (χ3n) is 9.66. The monoisotopic (exact) mass is 604 g/mol. The molecule has 234 valence electrons. The lowest BCUT2D eigenvalue weighted by Crippen LogP contribution is -2.72. The number of anilines is 1. The molecule has 7 N–H and O–H groups in total. The number of hydrogen-bond acceptors (Lipinski definition) is 10. The summed E-state index contributed by atoms with van der Waals surface area (Å²) in [6.07, 6.45) is 0.152. The number of aliphatic hydroxyl groups excluding tert-OH is 2. The summed E-state index contributed by atoms with van der Waals surface area (Å²) in [5.74, 6) is -4.98. The van der Waals surface area contributed by atoms with Crippen molar-refractivity contribution in [2.24, 2.45) is 16.6 Å². The van der Waals surface area contributed by atoms with Gasteiger partial charge in [-0.1, -0.05) is 44.2 Å². The fraction of sp³-hybridized carbons (Fsp3) is 0.424. The summed E-state index contributed by atoms with van der Waals surface area (Å²) in [4.78, 5) is 43.8. The SMILES string of the molecule is CN(C)c1cc(CNCc2ccccc2)c(O)c2c1C[C@@]1(C)C[C@@]3(C)[C@H](N(C)C)C(=O)C(C(N)=O)=C(O)[C@@]3(O)C(=O)C1=C2O. The standard InChI is InChI=1S/C33H40N4O7/c1-31-13-19-20(36(3)4)12-18(15-35-14-17-10-8-7-9-11-17)24(38)21(19)25(39)23(31)29(42)33(44)28(41)22(30(34)43)26(40)27(37(5)6)32(33,2)16-31/h7-12,27,35,38-39,41,44H,13-16H2,1-6H3,(H2,34,43)/t27-,31+,32+,33-/m1/s1. The molecule has 2 aromatic carbocycles. The van der Waals surface area contributed by atoms with Crippen LogP contribution in [0.5, 0.6) is 5.75 Å². The minimum Gasteiger partial charge on any atom is -0.508 e. The number of carbonyl (C=O) groups is 3. The maximum Gasteiger partial charge on any atom is 0.255 e. The topological polar surface area (TPSA) is 177 Å². The Labute approximate surface area is 256 Å².